The predicted molar refractivity (Wildman–Crippen MR) is 83.9 cm³/mol. The third-order valence-corrected chi connectivity index (χ3v) is 3.82. The molecule has 0 bridgehead atoms. The Balaban J connectivity index is 1.69. The zero-order valence-corrected chi connectivity index (χ0v) is 12.6. The average Bonchev–Trinajstić information content (AvgIpc) is 2.53. The van der Waals surface area contributed by atoms with Crippen molar-refractivity contribution in [1.29, 1.82) is 0 Å². The van der Waals surface area contributed by atoms with Crippen LogP contribution in [0.5, 0.6) is 11.5 Å². The van der Waals surface area contributed by atoms with E-state index in [0.717, 1.165) is 23.6 Å². The number of fused-ring (bicyclic) bond motifs is 1. The van der Waals surface area contributed by atoms with Gasteiger partial charge < -0.3 is 14.8 Å². The Bertz CT molecular complexity index is 607. The average molecular weight is 283 g/mol. The Morgan fingerprint density at radius 1 is 1.05 bits per heavy atom. The number of rotatable bonds is 4. The van der Waals surface area contributed by atoms with E-state index >= 15 is 0 Å². The minimum atomic E-state index is 0.297. The summed E-state index contributed by atoms with van der Waals surface area (Å²) >= 11 is 0. The van der Waals surface area contributed by atoms with Crippen LogP contribution in [0.3, 0.4) is 0 Å². The summed E-state index contributed by atoms with van der Waals surface area (Å²) in [5.41, 5.74) is 3.72. The molecule has 3 rings (SSSR count). The molecule has 3 heteroatoms. The second-order valence-electron chi connectivity index (χ2n) is 5.45. The first-order valence-corrected chi connectivity index (χ1v) is 7.41. The fraction of sp³-hybridized carbons (Fsp3) is 0.333. The van der Waals surface area contributed by atoms with Gasteiger partial charge in [0.1, 0.15) is 13.2 Å². The van der Waals surface area contributed by atoms with Crippen molar-refractivity contribution in [2.75, 3.05) is 13.2 Å². The minimum absolute atomic E-state index is 0.297. The molecular formula is C18H21NO2. The lowest BCUT2D eigenvalue weighted by atomic mass is 10.1. The molecule has 1 aliphatic rings. The molecule has 0 spiro atoms. The van der Waals surface area contributed by atoms with Gasteiger partial charge in [0.05, 0.1) is 0 Å². The lowest BCUT2D eigenvalue weighted by Crippen LogP contribution is -2.21. The molecule has 1 N–H and O–H groups in total. The van der Waals surface area contributed by atoms with Gasteiger partial charge in [0, 0.05) is 18.2 Å². The quantitative estimate of drug-likeness (QED) is 0.929. The largest absolute Gasteiger partial charge is 0.486 e. The molecule has 0 aromatic heterocycles. The summed E-state index contributed by atoms with van der Waals surface area (Å²) in [4.78, 5) is 0. The van der Waals surface area contributed by atoms with Crippen LogP contribution in [0.15, 0.2) is 42.5 Å². The molecule has 0 saturated heterocycles. The summed E-state index contributed by atoms with van der Waals surface area (Å²) in [5.74, 6) is 1.73. The maximum atomic E-state index is 5.74. The van der Waals surface area contributed by atoms with Crippen LogP contribution in [-0.4, -0.2) is 13.2 Å². The molecule has 0 amide bonds. The number of hydrogen-bond donors (Lipinski definition) is 1. The van der Waals surface area contributed by atoms with Crippen LogP contribution in [0, 0.1) is 6.92 Å². The van der Waals surface area contributed by atoms with Gasteiger partial charge in [-0.1, -0.05) is 42.0 Å². The molecule has 0 aliphatic carbocycles. The van der Waals surface area contributed by atoms with Gasteiger partial charge in [0.2, 0.25) is 0 Å². The van der Waals surface area contributed by atoms with Crippen LogP contribution < -0.4 is 14.8 Å². The fourth-order valence-corrected chi connectivity index (χ4v) is 2.51. The number of para-hydroxylation sites is 1. The van der Waals surface area contributed by atoms with Crippen molar-refractivity contribution >= 4 is 0 Å². The number of benzene rings is 2. The molecule has 1 unspecified atom stereocenters. The van der Waals surface area contributed by atoms with E-state index in [1.165, 1.54) is 11.1 Å². The SMILES string of the molecule is Cc1ccc(C(C)NCc2cccc3c2OCCO3)cc1. The van der Waals surface area contributed by atoms with E-state index in [0.29, 0.717) is 19.3 Å². The summed E-state index contributed by atoms with van der Waals surface area (Å²) in [6, 6.07) is 15.0. The number of hydrogen-bond acceptors (Lipinski definition) is 3. The van der Waals surface area contributed by atoms with Gasteiger partial charge in [0.15, 0.2) is 11.5 Å². The minimum Gasteiger partial charge on any atom is -0.486 e. The van der Waals surface area contributed by atoms with Gasteiger partial charge in [-0.05, 0) is 25.5 Å². The molecule has 1 atom stereocenters. The smallest absolute Gasteiger partial charge is 0.165 e. The highest BCUT2D eigenvalue weighted by Crippen LogP contribution is 2.33. The summed E-state index contributed by atoms with van der Waals surface area (Å²) in [5, 5.41) is 3.55. The maximum absolute atomic E-state index is 5.74. The summed E-state index contributed by atoms with van der Waals surface area (Å²) < 4.78 is 11.4. The summed E-state index contributed by atoms with van der Waals surface area (Å²) in [7, 11) is 0. The van der Waals surface area contributed by atoms with E-state index in [2.05, 4.69) is 49.5 Å². The Kier molecular flexibility index (Phi) is 4.11. The van der Waals surface area contributed by atoms with Crippen molar-refractivity contribution in [1.82, 2.24) is 5.32 Å². The molecule has 0 radical (unpaired) electrons. The topological polar surface area (TPSA) is 30.5 Å². The number of aryl methyl sites for hydroxylation is 1. The van der Waals surface area contributed by atoms with Crippen LogP contribution >= 0.6 is 0 Å². The second-order valence-corrected chi connectivity index (χ2v) is 5.45. The Labute approximate surface area is 125 Å². The lowest BCUT2D eigenvalue weighted by molar-refractivity contribution is 0.169. The van der Waals surface area contributed by atoms with Crippen LogP contribution in [0.2, 0.25) is 0 Å². The molecule has 1 aliphatic heterocycles. The van der Waals surface area contributed by atoms with E-state index < -0.39 is 0 Å². The van der Waals surface area contributed by atoms with Crippen molar-refractivity contribution in [2.45, 2.75) is 26.4 Å². The second kappa shape index (κ2) is 6.19. The number of ether oxygens (including phenoxy) is 2. The van der Waals surface area contributed by atoms with Crippen LogP contribution in [0.25, 0.3) is 0 Å². The van der Waals surface area contributed by atoms with Gasteiger partial charge in [-0.2, -0.15) is 0 Å². The van der Waals surface area contributed by atoms with Gasteiger partial charge in [-0.15, -0.1) is 0 Å². The van der Waals surface area contributed by atoms with Crippen molar-refractivity contribution in [3.8, 4) is 11.5 Å². The summed E-state index contributed by atoms with van der Waals surface area (Å²) in [6.07, 6.45) is 0. The number of nitrogens with one attached hydrogen (secondary N) is 1. The van der Waals surface area contributed by atoms with E-state index in [1.54, 1.807) is 0 Å². The third-order valence-electron chi connectivity index (χ3n) is 3.82. The molecule has 1 heterocycles. The van der Waals surface area contributed by atoms with E-state index in [-0.39, 0.29) is 0 Å². The highest BCUT2D eigenvalue weighted by molar-refractivity contribution is 5.47. The molecule has 2 aromatic rings. The molecule has 0 saturated carbocycles. The molecule has 110 valence electrons. The Morgan fingerprint density at radius 3 is 2.62 bits per heavy atom. The first kappa shape index (κ1) is 14.0. The third kappa shape index (κ3) is 3.19. The standard InChI is InChI=1S/C18H21NO2/c1-13-6-8-15(9-7-13)14(2)19-12-16-4-3-5-17-18(16)21-11-10-20-17/h3-9,14,19H,10-12H2,1-2H3. The van der Waals surface area contributed by atoms with Gasteiger partial charge in [-0.3, -0.25) is 0 Å². The first-order chi connectivity index (χ1) is 10.2. The zero-order valence-electron chi connectivity index (χ0n) is 12.6. The van der Waals surface area contributed by atoms with Crippen LogP contribution in [0.4, 0.5) is 0 Å². The fourth-order valence-electron chi connectivity index (χ4n) is 2.51. The summed E-state index contributed by atoms with van der Waals surface area (Å²) in [6.45, 7) is 6.30. The van der Waals surface area contributed by atoms with Crippen molar-refractivity contribution in [3.63, 3.8) is 0 Å². The van der Waals surface area contributed by atoms with Crippen molar-refractivity contribution < 1.29 is 9.47 Å². The highest BCUT2D eigenvalue weighted by Gasteiger charge is 2.15. The molecular weight excluding hydrogens is 262 g/mol. The zero-order chi connectivity index (χ0) is 14.7. The van der Waals surface area contributed by atoms with Crippen LogP contribution in [-0.2, 0) is 6.54 Å². The van der Waals surface area contributed by atoms with Gasteiger partial charge in [0.25, 0.3) is 0 Å². The highest BCUT2D eigenvalue weighted by atomic mass is 16.6. The van der Waals surface area contributed by atoms with Gasteiger partial charge in [-0.25, -0.2) is 0 Å². The monoisotopic (exact) mass is 283 g/mol. The van der Waals surface area contributed by atoms with Crippen LogP contribution in [0.1, 0.15) is 29.7 Å². The first-order valence-electron chi connectivity index (χ1n) is 7.41. The van der Waals surface area contributed by atoms with Crippen molar-refractivity contribution in [3.05, 3.63) is 59.2 Å². The van der Waals surface area contributed by atoms with Crippen molar-refractivity contribution in [2.24, 2.45) is 0 Å². The lowest BCUT2D eigenvalue weighted by Gasteiger charge is -2.22. The maximum Gasteiger partial charge on any atom is 0.165 e. The molecule has 3 nitrogen and oxygen atoms in total. The predicted octanol–water partition coefficient (Wildman–Crippen LogP) is 3.62. The Hall–Kier alpha value is -2.00. The molecule has 21 heavy (non-hydrogen) atoms. The Morgan fingerprint density at radius 2 is 1.81 bits per heavy atom. The normalized spacial score (nSPS) is 14.8. The van der Waals surface area contributed by atoms with E-state index in [4.69, 9.17) is 9.47 Å². The van der Waals surface area contributed by atoms with E-state index in [9.17, 15) is 0 Å². The molecule has 2 aromatic carbocycles. The molecule has 0 fully saturated rings. The van der Waals surface area contributed by atoms with Gasteiger partial charge >= 0.3 is 0 Å². The van der Waals surface area contributed by atoms with E-state index in [1.807, 2.05) is 12.1 Å².